The van der Waals surface area contributed by atoms with Gasteiger partial charge in [-0.1, -0.05) is 0 Å². The van der Waals surface area contributed by atoms with Gasteiger partial charge in [-0.05, 0) is 28.1 Å². The number of halogens is 1. The number of hydrogen-bond acceptors (Lipinski definition) is 3. The molecule has 1 N–H and O–H groups in total. The highest BCUT2D eigenvalue weighted by Crippen LogP contribution is 2.22. The molecule has 0 aliphatic carbocycles. The summed E-state index contributed by atoms with van der Waals surface area (Å²) in [6.45, 7) is 0. The summed E-state index contributed by atoms with van der Waals surface area (Å²) in [5.74, 6) is -2.28. The second-order valence-corrected chi connectivity index (χ2v) is 4.20. The van der Waals surface area contributed by atoms with E-state index in [9.17, 15) is 9.59 Å². The molecular formula is C6H3BrO3S. The van der Waals surface area contributed by atoms with Gasteiger partial charge in [0.1, 0.15) is 0 Å². The zero-order valence-corrected chi connectivity index (χ0v) is 7.61. The van der Waals surface area contributed by atoms with Crippen LogP contribution in [-0.2, 0) is 4.79 Å². The number of carbonyl (C=O) groups excluding carboxylic acids is 1. The van der Waals surface area contributed by atoms with Crippen molar-refractivity contribution in [3.63, 3.8) is 0 Å². The van der Waals surface area contributed by atoms with Crippen molar-refractivity contribution < 1.29 is 14.7 Å². The van der Waals surface area contributed by atoms with Gasteiger partial charge in [-0.15, -0.1) is 11.3 Å². The fourth-order valence-corrected chi connectivity index (χ4v) is 1.86. The van der Waals surface area contributed by atoms with Crippen molar-refractivity contribution in [2.24, 2.45) is 0 Å². The van der Waals surface area contributed by atoms with Gasteiger partial charge in [-0.25, -0.2) is 4.79 Å². The molecular weight excluding hydrogens is 232 g/mol. The number of carbonyl (C=O) groups is 2. The van der Waals surface area contributed by atoms with Gasteiger partial charge in [0, 0.05) is 0 Å². The van der Waals surface area contributed by atoms with Gasteiger partial charge < -0.3 is 5.11 Å². The summed E-state index contributed by atoms with van der Waals surface area (Å²) in [5.41, 5.74) is 0. The summed E-state index contributed by atoms with van der Waals surface area (Å²) in [4.78, 5) is 21.1. The zero-order valence-electron chi connectivity index (χ0n) is 5.20. The number of thiophene rings is 1. The number of aliphatic carboxylic acids is 1. The van der Waals surface area contributed by atoms with Crippen molar-refractivity contribution in [1.82, 2.24) is 0 Å². The van der Waals surface area contributed by atoms with Crippen LogP contribution < -0.4 is 0 Å². The van der Waals surface area contributed by atoms with E-state index < -0.39 is 11.8 Å². The van der Waals surface area contributed by atoms with E-state index in [1.807, 2.05) is 0 Å². The van der Waals surface area contributed by atoms with Crippen LogP contribution >= 0.6 is 27.3 Å². The third kappa shape index (κ3) is 1.87. The van der Waals surface area contributed by atoms with Gasteiger partial charge >= 0.3 is 5.97 Å². The fraction of sp³-hybridized carbons (Fsp3) is 0. The van der Waals surface area contributed by atoms with Crippen molar-refractivity contribution in [3.8, 4) is 0 Å². The number of ketones is 1. The SMILES string of the molecule is O=C(O)C(=O)c1ccc(Br)s1. The van der Waals surface area contributed by atoms with Crippen LogP contribution in [0, 0.1) is 0 Å². The topological polar surface area (TPSA) is 54.4 Å². The minimum absolute atomic E-state index is 0.240. The highest BCUT2D eigenvalue weighted by Gasteiger charge is 2.15. The van der Waals surface area contributed by atoms with Crippen molar-refractivity contribution in [2.75, 3.05) is 0 Å². The summed E-state index contributed by atoms with van der Waals surface area (Å²) in [7, 11) is 0. The highest BCUT2D eigenvalue weighted by atomic mass is 79.9. The van der Waals surface area contributed by atoms with Crippen LogP contribution in [0.1, 0.15) is 9.67 Å². The molecule has 0 atom stereocenters. The normalized spacial score (nSPS) is 9.55. The van der Waals surface area contributed by atoms with Crippen molar-refractivity contribution in [3.05, 3.63) is 20.8 Å². The van der Waals surface area contributed by atoms with Crippen LogP contribution in [0.5, 0.6) is 0 Å². The molecule has 1 rings (SSSR count). The van der Waals surface area contributed by atoms with Crippen LogP contribution in [0.25, 0.3) is 0 Å². The van der Waals surface area contributed by atoms with E-state index in [2.05, 4.69) is 15.9 Å². The smallest absolute Gasteiger partial charge is 0.378 e. The average molecular weight is 235 g/mol. The van der Waals surface area contributed by atoms with Crippen LogP contribution in [0.2, 0.25) is 0 Å². The Morgan fingerprint density at radius 1 is 1.45 bits per heavy atom. The van der Waals surface area contributed by atoms with Crippen molar-refractivity contribution >= 4 is 39.0 Å². The highest BCUT2D eigenvalue weighted by molar-refractivity contribution is 9.11. The summed E-state index contributed by atoms with van der Waals surface area (Å²) in [6, 6.07) is 3.12. The minimum atomic E-state index is -1.42. The molecule has 0 radical (unpaired) electrons. The Balaban J connectivity index is 2.94. The molecule has 1 heterocycles. The summed E-state index contributed by atoms with van der Waals surface area (Å²) in [6.07, 6.45) is 0. The minimum Gasteiger partial charge on any atom is -0.475 e. The lowest BCUT2D eigenvalue weighted by Gasteiger charge is -1.85. The van der Waals surface area contributed by atoms with E-state index in [0.29, 0.717) is 0 Å². The molecule has 5 heteroatoms. The summed E-state index contributed by atoms with van der Waals surface area (Å²) in [5, 5.41) is 8.29. The van der Waals surface area contributed by atoms with E-state index >= 15 is 0 Å². The molecule has 0 saturated heterocycles. The van der Waals surface area contributed by atoms with Crippen LogP contribution in [0.4, 0.5) is 0 Å². The first kappa shape index (κ1) is 8.42. The van der Waals surface area contributed by atoms with Gasteiger partial charge in [0.25, 0.3) is 5.78 Å². The van der Waals surface area contributed by atoms with E-state index in [1.54, 1.807) is 6.07 Å². The standard InChI is InChI=1S/C6H3BrO3S/c7-4-2-1-3(11-4)5(8)6(9)10/h1-2H,(H,9,10). The lowest BCUT2D eigenvalue weighted by molar-refractivity contribution is -0.131. The first-order valence-electron chi connectivity index (χ1n) is 2.64. The molecule has 0 bridgehead atoms. The molecule has 11 heavy (non-hydrogen) atoms. The molecule has 0 aliphatic rings. The average Bonchev–Trinajstić information content (AvgIpc) is 2.34. The molecule has 1 aromatic rings. The summed E-state index contributed by atoms with van der Waals surface area (Å²) >= 11 is 4.23. The van der Waals surface area contributed by atoms with Gasteiger partial charge in [-0.2, -0.15) is 0 Å². The van der Waals surface area contributed by atoms with Crippen LogP contribution in [-0.4, -0.2) is 16.9 Å². The predicted molar refractivity (Wildman–Crippen MR) is 44.0 cm³/mol. The predicted octanol–water partition coefficient (Wildman–Crippen LogP) is 1.78. The molecule has 0 aliphatic heterocycles. The summed E-state index contributed by atoms with van der Waals surface area (Å²) < 4.78 is 0.752. The number of carboxylic acids is 1. The lowest BCUT2D eigenvalue weighted by Crippen LogP contribution is -2.10. The Kier molecular flexibility index (Phi) is 2.41. The lowest BCUT2D eigenvalue weighted by atomic mass is 10.3. The first-order chi connectivity index (χ1) is 5.11. The third-order valence-electron chi connectivity index (χ3n) is 0.991. The largest absolute Gasteiger partial charge is 0.475 e. The van der Waals surface area contributed by atoms with E-state index in [4.69, 9.17) is 5.11 Å². The Hall–Kier alpha value is -0.680. The van der Waals surface area contributed by atoms with Crippen molar-refractivity contribution in [2.45, 2.75) is 0 Å². The van der Waals surface area contributed by atoms with Gasteiger partial charge in [0.15, 0.2) is 0 Å². The molecule has 0 unspecified atom stereocenters. The van der Waals surface area contributed by atoms with Crippen LogP contribution in [0.15, 0.2) is 15.9 Å². The fourth-order valence-electron chi connectivity index (χ4n) is 0.542. The maximum Gasteiger partial charge on any atom is 0.378 e. The molecule has 0 saturated carbocycles. The number of carboxylic acid groups (broad SMARTS) is 1. The number of rotatable bonds is 2. The molecule has 0 spiro atoms. The van der Waals surface area contributed by atoms with Gasteiger partial charge in [0.2, 0.25) is 0 Å². The third-order valence-corrected chi connectivity index (χ3v) is 2.61. The second-order valence-electron chi connectivity index (χ2n) is 1.74. The number of hydrogen-bond donors (Lipinski definition) is 1. The molecule has 0 fully saturated rings. The quantitative estimate of drug-likeness (QED) is 0.627. The van der Waals surface area contributed by atoms with E-state index in [0.717, 1.165) is 15.1 Å². The second kappa shape index (κ2) is 3.15. The Morgan fingerprint density at radius 3 is 2.45 bits per heavy atom. The molecule has 3 nitrogen and oxygen atoms in total. The Bertz CT molecular complexity index is 305. The zero-order chi connectivity index (χ0) is 8.43. The van der Waals surface area contributed by atoms with Gasteiger partial charge in [-0.3, -0.25) is 4.79 Å². The van der Waals surface area contributed by atoms with E-state index in [-0.39, 0.29) is 4.88 Å². The van der Waals surface area contributed by atoms with E-state index in [1.165, 1.54) is 6.07 Å². The van der Waals surface area contributed by atoms with Crippen LogP contribution in [0.3, 0.4) is 0 Å². The number of Topliss-reactive ketones (excluding diaryl/α,β-unsaturated/α-hetero) is 1. The molecule has 0 aromatic carbocycles. The maximum absolute atomic E-state index is 10.7. The molecule has 0 amide bonds. The first-order valence-corrected chi connectivity index (χ1v) is 4.25. The van der Waals surface area contributed by atoms with Crippen molar-refractivity contribution in [1.29, 1.82) is 0 Å². The molecule has 1 aromatic heterocycles. The maximum atomic E-state index is 10.7. The Morgan fingerprint density at radius 2 is 2.09 bits per heavy atom. The molecule has 58 valence electrons. The Labute approximate surface area is 74.8 Å². The monoisotopic (exact) mass is 234 g/mol. The van der Waals surface area contributed by atoms with Gasteiger partial charge in [0.05, 0.1) is 8.66 Å².